The largest absolute Gasteiger partial charge is 0.371 e. The van der Waals surface area contributed by atoms with Gasteiger partial charge < -0.3 is 5.32 Å². The summed E-state index contributed by atoms with van der Waals surface area (Å²) >= 11 is 12.6. The number of aryl methyl sites for hydroxylation is 2. The van der Waals surface area contributed by atoms with Crippen LogP contribution in [0.4, 0.5) is 5.69 Å². The number of nitrogens with zero attached hydrogens (tertiary/aromatic N) is 2. The molecule has 122 valence electrons. The third-order valence-corrected chi connectivity index (χ3v) is 5.04. The quantitative estimate of drug-likeness (QED) is 0.650. The first-order chi connectivity index (χ1) is 11.6. The number of nitrogens with one attached hydrogen (secondary N) is 1. The van der Waals surface area contributed by atoms with E-state index in [1.807, 2.05) is 18.2 Å². The maximum atomic E-state index is 6.50. The summed E-state index contributed by atoms with van der Waals surface area (Å²) in [4.78, 5) is 4.79. The molecule has 1 aliphatic heterocycles. The highest BCUT2D eigenvalue weighted by atomic mass is 35.5. The zero-order chi connectivity index (χ0) is 16.8. The van der Waals surface area contributed by atoms with Crippen LogP contribution in [0.15, 0.2) is 42.5 Å². The number of para-hydroxylation sites is 2. The summed E-state index contributed by atoms with van der Waals surface area (Å²) in [7, 11) is 0. The van der Waals surface area contributed by atoms with Gasteiger partial charge in [-0.05, 0) is 36.8 Å². The molecule has 0 saturated heterocycles. The van der Waals surface area contributed by atoms with Crippen molar-refractivity contribution < 1.29 is 0 Å². The van der Waals surface area contributed by atoms with Gasteiger partial charge in [0.2, 0.25) is 0 Å². The van der Waals surface area contributed by atoms with E-state index in [4.69, 9.17) is 28.2 Å². The zero-order valence-electron chi connectivity index (χ0n) is 13.5. The molecule has 0 fully saturated rings. The van der Waals surface area contributed by atoms with Crippen molar-refractivity contribution in [1.29, 1.82) is 0 Å². The lowest BCUT2D eigenvalue weighted by atomic mass is 9.99. The molecule has 0 saturated carbocycles. The Labute approximate surface area is 151 Å². The van der Waals surface area contributed by atoms with Crippen LogP contribution in [0.5, 0.6) is 0 Å². The summed E-state index contributed by atoms with van der Waals surface area (Å²) in [5.41, 5.74) is 5.36. The Morgan fingerprint density at radius 1 is 1.17 bits per heavy atom. The topological polar surface area (TPSA) is 29.9 Å². The van der Waals surface area contributed by atoms with Crippen molar-refractivity contribution in [3.8, 4) is 5.69 Å². The number of hydrogen-bond donors (Lipinski definition) is 1. The van der Waals surface area contributed by atoms with Crippen LogP contribution in [0.1, 0.15) is 35.7 Å². The predicted molar refractivity (Wildman–Crippen MR) is 99.6 cm³/mol. The molecule has 24 heavy (non-hydrogen) atoms. The molecule has 3 aromatic rings. The second-order valence-corrected chi connectivity index (χ2v) is 6.79. The molecule has 1 unspecified atom stereocenters. The molecular formula is C19H17Cl2N3. The summed E-state index contributed by atoms with van der Waals surface area (Å²) < 4.78 is 2.26. The van der Waals surface area contributed by atoms with Crippen LogP contribution >= 0.6 is 23.2 Å². The van der Waals surface area contributed by atoms with Crippen molar-refractivity contribution in [1.82, 2.24) is 9.55 Å². The number of rotatable bonds is 2. The number of hydrogen-bond acceptors (Lipinski definition) is 2. The van der Waals surface area contributed by atoms with Gasteiger partial charge in [0.15, 0.2) is 0 Å². The maximum absolute atomic E-state index is 6.50. The lowest BCUT2D eigenvalue weighted by Gasteiger charge is -2.31. The highest BCUT2D eigenvalue weighted by molar-refractivity contribution is 6.35. The number of aromatic nitrogens is 2. The van der Waals surface area contributed by atoms with E-state index in [0.717, 1.165) is 40.6 Å². The Kier molecular flexibility index (Phi) is 3.78. The van der Waals surface area contributed by atoms with Gasteiger partial charge in [0.1, 0.15) is 5.82 Å². The predicted octanol–water partition coefficient (Wildman–Crippen LogP) is 5.56. The van der Waals surface area contributed by atoms with E-state index in [9.17, 15) is 0 Å². The van der Waals surface area contributed by atoms with E-state index in [2.05, 4.69) is 41.9 Å². The molecule has 2 aromatic carbocycles. The first-order valence-corrected chi connectivity index (χ1v) is 8.74. The summed E-state index contributed by atoms with van der Waals surface area (Å²) in [6.07, 6.45) is 0.871. The molecule has 1 aliphatic rings. The van der Waals surface area contributed by atoms with E-state index >= 15 is 0 Å². The van der Waals surface area contributed by atoms with Crippen LogP contribution in [-0.4, -0.2) is 9.55 Å². The zero-order valence-corrected chi connectivity index (χ0v) is 15.0. The van der Waals surface area contributed by atoms with Crippen LogP contribution in [0.25, 0.3) is 5.69 Å². The molecule has 0 spiro atoms. The third kappa shape index (κ3) is 2.31. The molecule has 1 atom stereocenters. The van der Waals surface area contributed by atoms with E-state index < -0.39 is 0 Å². The van der Waals surface area contributed by atoms with Crippen LogP contribution in [0.2, 0.25) is 10.0 Å². The maximum Gasteiger partial charge on any atom is 0.113 e. The lowest BCUT2D eigenvalue weighted by molar-refractivity contribution is 0.772. The van der Waals surface area contributed by atoms with Crippen LogP contribution in [-0.2, 0) is 6.42 Å². The molecule has 2 heterocycles. The Morgan fingerprint density at radius 3 is 2.71 bits per heavy atom. The minimum atomic E-state index is -0.0579. The summed E-state index contributed by atoms with van der Waals surface area (Å²) in [6, 6.07) is 13.9. The van der Waals surface area contributed by atoms with Gasteiger partial charge in [-0.2, -0.15) is 0 Å². The molecule has 0 aliphatic carbocycles. The van der Waals surface area contributed by atoms with Gasteiger partial charge in [-0.15, -0.1) is 0 Å². The highest BCUT2D eigenvalue weighted by Gasteiger charge is 2.31. The highest BCUT2D eigenvalue weighted by Crippen LogP contribution is 2.41. The monoisotopic (exact) mass is 357 g/mol. The van der Waals surface area contributed by atoms with E-state index in [-0.39, 0.29) is 6.04 Å². The molecule has 0 bridgehead atoms. The van der Waals surface area contributed by atoms with Gasteiger partial charge in [0, 0.05) is 16.5 Å². The second-order valence-electron chi connectivity index (χ2n) is 5.95. The SMILES string of the molecule is CCc1nc(C)c2n1-c1ccccc1NC2c1ccc(Cl)cc1Cl. The molecule has 0 amide bonds. The van der Waals surface area contributed by atoms with Crippen molar-refractivity contribution in [2.24, 2.45) is 0 Å². The lowest BCUT2D eigenvalue weighted by Crippen LogP contribution is -2.24. The molecule has 1 aromatic heterocycles. The van der Waals surface area contributed by atoms with Crippen molar-refractivity contribution in [2.45, 2.75) is 26.3 Å². The Bertz CT molecular complexity index is 930. The van der Waals surface area contributed by atoms with Gasteiger partial charge >= 0.3 is 0 Å². The van der Waals surface area contributed by atoms with Crippen molar-refractivity contribution >= 4 is 28.9 Å². The molecule has 1 N–H and O–H groups in total. The van der Waals surface area contributed by atoms with Gasteiger partial charge in [-0.1, -0.05) is 48.3 Å². The van der Waals surface area contributed by atoms with Crippen molar-refractivity contribution in [3.63, 3.8) is 0 Å². The van der Waals surface area contributed by atoms with Crippen LogP contribution < -0.4 is 5.32 Å². The van der Waals surface area contributed by atoms with Gasteiger partial charge in [0.25, 0.3) is 0 Å². The van der Waals surface area contributed by atoms with Crippen molar-refractivity contribution in [3.05, 3.63) is 75.3 Å². The van der Waals surface area contributed by atoms with Gasteiger partial charge in [-0.3, -0.25) is 4.57 Å². The first kappa shape index (κ1) is 15.6. The average molecular weight is 358 g/mol. The first-order valence-electron chi connectivity index (χ1n) is 7.99. The number of imidazole rings is 1. The normalized spacial score (nSPS) is 15.6. The molecule has 0 radical (unpaired) electrons. The Morgan fingerprint density at radius 2 is 1.96 bits per heavy atom. The smallest absolute Gasteiger partial charge is 0.113 e. The third-order valence-electron chi connectivity index (χ3n) is 4.47. The average Bonchev–Trinajstić information content (AvgIpc) is 2.92. The number of fused-ring (bicyclic) bond motifs is 3. The van der Waals surface area contributed by atoms with Crippen LogP contribution in [0.3, 0.4) is 0 Å². The molecular weight excluding hydrogens is 341 g/mol. The van der Waals surface area contributed by atoms with Crippen LogP contribution in [0, 0.1) is 6.92 Å². The Balaban J connectivity index is 1.98. The van der Waals surface area contributed by atoms with E-state index in [0.29, 0.717) is 10.0 Å². The summed E-state index contributed by atoms with van der Waals surface area (Å²) in [5, 5.41) is 4.92. The molecule has 5 heteroatoms. The van der Waals surface area contributed by atoms with E-state index in [1.165, 1.54) is 0 Å². The Hall–Kier alpha value is -1.97. The molecule has 3 nitrogen and oxygen atoms in total. The number of halogens is 2. The fourth-order valence-corrected chi connectivity index (χ4v) is 3.94. The second kappa shape index (κ2) is 5.83. The summed E-state index contributed by atoms with van der Waals surface area (Å²) in [5.74, 6) is 1.06. The fraction of sp³-hybridized carbons (Fsp3) is 0.211. The number of benzene rings is 2. The van der Waals surface area contributed by atoms with Crippen molar-refractivity contribution in [2.75, 3.05) is 5.32 Å². The van der Waals surface area contributed by atoms with Gasteiger partial charge in [0.05, 0.1) is 28.8 Å². The standard InChI is InChI=1S/C19H17Cl2N3/c1-3-17-22-11(2)19-18(13-9-8-12(20)10-14(13)21)23-15-6-4-5-7-16(15)24(17)19/h4-10,18,23H,3H2,1-2H3. The number of anilines is 1. The molecule has 4 rings (SSSR count). The summed E-state index contributed by atoms with van der Waals surface area (Å²) in [6.45, 7) is 4.18. The minimum Gasteiger partial charge on any atom is -0.371 e. The fourth-order valence-electron chi connectivity index (χ4n) is 3.42. The van der Waals surface area contributed by atoms with E-state index in [1.54, 1.807) is 6.07 Å². The minimum absolute atomic E-state index is 0.0579. The van der Waals surface area contributed by atoms with Gasteiger partial charge in [-0.25, -0.2) is 4.98 Å².